The lowest BCUT2D eigenvalue weighted by Gasteiger charge is -2.40. The van der Waals surface area contributed by atoms with Gasteiger partial charge >= 0.3 is 5.97 Å². The number of nitrogens with one attached hydrogen (secondary N) is 9. The fraction of sp³-hybridized carbons (Fsp3) is 0.621. The minimum atomic E-state index is -2.08. The van der Waals surface area contributed by atoms with Crippen LogP contribution < -0.4 is 53.6 Å². The van der Waals surface area contributed by atoms with E-state index in [1.165, 1.54) is 107 Å². The van der Waals surface area contributed by atoms with Crippen LogP contribution >= 0.6 is 0 Å². The lowest BCUT2D eigenvalue weighted by molar-refractivity contribution is -0.168. The maximum atomic E-state index is 15.3. The Balaban J connectivity index is 2.16. The number of fused-ring (bicyclic) bond motifs is 1. The largest absolute Gasteiger partial charge is 0.508 e. The fourth-order valence-corrected chi connectivity index (χ4v) is 10.8. The first kappa shape index (κ1) is 83.4. The smallest absolute Gasteiger partial charge is 0.329 e. The molecule has 0 aliphatic carbocycles. The van der Waals surface area contributed by atoms with Gasteiger partial charge in [0.25, 0.3) is 5.91 Å². The number of cyclic esters (lactones) is 1. The minimum Gasteiger partial charge on any atom is -0.508 e. The summed E-state index contributed by atoms with van der Waals surface area (Å²) in [4.78, 5) is 186. The number of phenolic OH excluding ortho intramolecular Hbond substituents is 1. The van der Waals surface area contributed by atoms with Gasteiger partial charge in [-0.15, -0.1) is 0 Å². The van der Waals surface area contributed by atoms with Crippen LogP contribution in [0.1, 0.15) is 120 Å². The van der Waals surface area contributed by atoms with Gasteiger partial charge in [0.05, 0.1) is 43.9 Å². The Morgan fingerprint density at radius 3 is 2.02 bits per heavy atom. The van der Waals surface area contributed by atoms with Gasteiger partial charge in [-0.3, -0.25) is 57.5 Å². The molecule has 0 spiro atoms. The van der Waals surface area contributed by atoms with Crippen LogP contribution in [0.5, 0.6) is 5.75 Å². The molecular formula is C66H102N12O20. The van der Waals surface area contributed by atoms with E-state index in [0.717, 1.165) is 34.8 Å². The molecule has 546 valence electrons. The van der Waals surface area contributed by atoms with E-state index in [9.17, 15) is 63.6 Å². The number of aliphatic hydroxyl groups is 3. The highest BCUT2D eigenvalue weighted by Crippen LogP contribution is 2.29. The summed E-state index contributed by atoms with van der Waals surface area (Å²) in [5.74, 6) is -18.1. The highest BCUT2D eigenvalue weighted by molar-refractivity contribution is 6.03. The number of carbonyl (C=O) groups excluding carboxylic acids is 13. The molecule has 98 heavy (non-hydrogen) atoms. The van der Waals surface area contributed by atoms with E-state index in [1.54, 1.807) is 6.08 Å². The van der Waals surface area contributed by atoms with Crippen LogP contribution in [0.15, 0.2) is 59.8 Å². The van der Waals surface area contributed by atoms with Crippen molar-refractivity contribution >= 4 is 76.9 Å². The number of likely N-dealkylation sites (N-methyl/N-ethyl adjacent to an activating group) is 1. The standard InChI is InChI=1S/C66H102N12O20/c1-16-33(5)28-34(6)21-26-46(82)37(9)57(86)68-30-48(84)73-50(39(11)79)61(90)71-43(17-2)59(88)74-49(35(7)36(8)56(67)85)60(89)75-51-54(32(3)4)98-66(95)45-20-18-19-27-78(45)65(94)52(55(97-15)41-22-24-42(81)25-23-41)76-63(92)53(40(12)80)77(13)64(93)38(10)70-47(83)29-69-58(87)44(31-96-14)72-62(51)91/h17,21-26,28,32-33,35-40,44-46,49-55,79-82H,16,18-20,27,29-31H2,1-15H3,(H2,67,85)(H,68,86)(H,69,87)(H,70,83)(H,71,90)(H,72,91)(H,73,84)(H,74,88)(H,75,89)(H,76,92)/b26-21-,34-28+,43-17-/t33?,35-,36+,37?,38-,39-,40-,44?,45-,46?,49-,50+,51+,52-,53?,54?,55?/m0/s1. The summed E-state index contributed by atoms with van der Waals surface area (Å²) in [6.07, 6.45) is -0.0199. The van der Waals surface area contributed by atoms with Crippen LogP contribution in [0.25, 0.3) is 0 Å². The molecule has 7 unspecified atom stereocenters. The number of aliphatic hydroxyl groups excluding tert-OH is 3. The molecule has 1 aromatic carbocycles. The van der Waals surface area contributed by atoms with E-state index in [4.69, 9.17) is 19.9 Å². The summed E-state index contributed by atoms with van der Waals surface area (Å²) in [5, 5.41) is 64.4. The number of hydrogen-bond acceptors (Lipinski definition) is 20. The Morgan fingerprint density at radius 1 is 0.816 bits per heavy atom. The van der Waals surface area contributed by atoms with Crippen LogP contribution in [0.3, 0.4) is 0 Å². The van der Waals surface area contributed by atoms with Crippen molar-refractivity contribution in [2.45, 2.75) is 188 Å². The number of hydrogen-bond donors (Lipinski definition) is 14. The number of primary amides is 1. The normalized spacial score (nSPS) is 23.9. The Labute approximate surface area is 571 Å². The molecule has 32 heteroatoms. The van der Waals surface area contributed by atoms with E-state index in [2.05, 4.69) is 47.9 Å². The lowest BCUT2D eigenvalue weighted by Crippen LogP contribution is -2.64. The number of nitrogens with two attached hydrogens (primary N) is 1. The van der Waals surface area contributed by atoms with Crippen molar-refractivity contribution in [3.05, 3.63) is 65.4 Å². The zero-order chi connectivity index (χ0) is 74.2. The zero-order valence-corrected chi connectivity index (χ0v) is 58.5. The number of ether oxygens (including phenoxy) is 3. The number of esters is 1. The molecule has 0 aromatic heterocycles. The number of nitrogens with zero attached hydrogens (tertiary/aromatic N) is 2. The summed E-state index contributed by atoms with van der Waals surface area (Å²) in [7, 11) is 3.56. The Bertz CT molecular complexity index is 3080. The molecule has 0 radical (unpaired) electrons. The van der Waals surface area contributed by atoms with E-state index < -0.39 is 205 Å². The molecule has 3 rings (SSSR count). The highest BCUT2D eigenvalue weighted by Gasteiger charge is 2.47. The number of phenols is 1. The first-order valence-corrected chi connectivity index (χ1v) is 32.6. The first-order valence-electron chi connectivity index (χ1n) is 32.6. The van der Waals surface area contributed by atoms with Crippen molar-refractivity contribution in [1.29, 1.82) is 0 Å². The van der Waals surface area contributed by atoms with Crippen LogP contribution in [0.4, 0.5) is 0 Å². The predicted molar refractivity (Wildman–Crippen MR) is 354 cm³/mol. The summed E-state index contributed by atoms with van der Waals surface area (Å²) >= 11 is 0. The second kappa shape index (κ2) is 39.5. The Morgan fingerprint density at radius 2 is 1.46 bits per heavy atom. The molecule has 15 N–H and O–H groups in total. The van der Waals surface area contributed by atoms with Crippen molar-refractivity contribution in [3.8, 4) is 5.75 Å². The molecule has 0 saturated carbocycles. The van der Waals surface area contributed by atoms with Crippen LogP contribution in [-0.2, 0) is 76.5 Å². The van der Waals surface area contributed by atoms with Crippen molar-refractivity contribution in [3.63, 3.8) is 0 Å². The third-order valence-corrected chi connectivity index (χ3v) is 17.1. The summed E-state index contributed by atoms with van der Waals surface area (Å²) < 4.78 is 17.3. The molecular weight excluding hydrogens is 1280 g/mol. The molecule has 2 aliphatic heterocycles. The Kier molecular flexibility index (Phi) is 33.6. The monoisotopic (exact) mass is 1380 g/mol. The van der Waals surface area contributed by atoms with Gasteiger partial charge in [-0.2, -0.15) is 0 Å². The number of amides is 12. The number of benzene rings is 1. The van der Waals surface area contributed by atoms with Gasteiger partial charge in [0.1, 0.15) is 72.0 Å². The van der Waals surface area contributed by atoms with Crippen molar-refractivity contribution < 1.29 is 97.0 Å². The highest BCUT2D eigenvalue weighted by atomic mass is 16.5. The lowest BCUT2D eigenvalue weighted by atomic mass is 9.87. The number of rotatable bonds is 26. The van der Waals surface area contributed by atoms with E-state index in [1.807, 2.05) is 26.8 Å². The molecule has 12 amide bonds. The van der Waals surface area contributed by atoms with Gasteiger partial charge in [0.2, 0.25) is 65.0 Å². The number of carbonyl (C=O) groups is 13. The summed E-state index contributed by atoms with van der Waals surface area (Å²) in [6.45, 7) is 15.6. The first-order chi connectivity index (χ1) is 46.0. The van der Waals surface area contributed by atoms with Crippen molar-refractivity contribution in [2.24, 2.45) is 35.3 Å². The quantitative estimate of drug-likeness (QED) is 0.0265. The van der Waals surface area contributed by atoms with Gasteiger partial charge in [-0.1, -0.05) is 96.9 Å². The number of methoxy groups -OCH3 is 2. The molecule has 2 fully saturated rings. The maximum absolute atomic E-state index is 15.3. The molecule has 1 aromatic rings. The zero-order valence-electron chi connectivity index (χ0n) is 58.5. The molecule has 2 aliphatic rings. The average molecular weight is 1380 g/mol. The van der Waals surface area contributed by atoms with Crippen LogP contribution in [-0.4, -0.2) is 227 Å². The van der Waals surface area contributed by atoms with E-state index in [0.29, 0.717) is 12.8 Å². The van der Waals surface area contributed by atoms with Gasteiger partial charge in [0, 0.05) is 33.7 Å². The molecule has 32 nitrogen and oxygen atoms in total. The topological polar surface area (TPSA) is 471 Å². The predicted octanol–water partition coefficient (Wildman–Crippen LogP) is -2.24. The third-order valence-electron chi connectivity index (χ3n) is 17.1. The summed E-state index contributed by atoms with van der Waals surface area (Å²) in [6, 6.07) is -8.52. The summed E-state index contributed by atoms with van der Waals surface area (Å²) in [5.41, 5.74) is 6.26. The van der Waals surface area contributed by atoms with E-state index >= 15 is 19.2 Å². The SMILES string of the molecule is C/C=C(\NC(=O)[C@H](NC(=O)CNC(=O)C(C)C(O)/C=C\C(C)=C\C(C)CC)[C@H](C)O)C(=O)N[C@H](C(=O)N[C@H]1C(=O)NC(COC)C(=O)NCC(=O)N[C@@H](C)C(=O)N(C)C([C@H](C)O)C(=O)N[C@@H](C(OC)c2ccc(O)cc2)C(=O)N2CCCC[C@H]2C(=O)OC1C(C)C)[C@@H](C)[C@@H](C)C(N)=O. The van der Waals surface area contributed by atoms with Crippen LogP contribution in [0, 0.1) is 29.6 Å². The number of aromatic hydroxyl groups is 1. The van der Waals surface area contributed by atoms with Crippen LogP contribution in [0.2, 0.25) is 0 Å². The van der Waals surface area contributed by atoms with Gasteiger partial charge in [0.15, 0.2) is 0 Å². The minimum absolute atomic E-state index is 0.0765. The van der Waals surface area contributed by atoms with Gasteiger partial charge < -0.3 is 98.0 Å². The molecule has 17 atom stereocenters. The van der Waals surface area contributed by atoms with Crippen molar-refractivity contribution in [2.75, 3.05) is 47.5 Å². The fourth-order valence-electron chi connectivity index (χ4n) is 10.8. The number of allylic oxidation sites excluding steroid dienone is 4. The van der Waals surface area contributed by atoms with E-state index in [-0.39, 0.29) is 30.2 Å². The second-order valence-corrected chi connectivity index (χ2v) is 25.2. The van der Waals surface area contributed by atoms with Gasteiger partial charge in [-0.05, 0) is 89.3 Å². The second-order valence-electron chi connectivity index (χ2n) is 25.2. The van der Waals surface area contributed by atoms with Gasteiger partial charge in [-0.25, -0.2) is 4.79 Å². The third kappa shape index (κ3) is 24.0. The maximum Gasteiger partial charge on any atom is 0.329 e. The molecule has 2 heterocycles. The Hall–Kier alpha value is -8.85. The van der Waals surface area contributed by atoms with Crippen molar-refractivity contribution in [1.82, 2.24) is 57.7 Å². The average Bonchev–Trinajstić information content (AvgIpc) is 0.802. The molecule has 0 bridgehead atoms. The molecule has 2 saturated heterocycles. The number of piperidine rings is 1.